The van der Waals surface area contributed by atoms with Crippen LogP contribution in [-0.2, 0) is 0 Å². The van der Waals surface area contributed by atoms with Crippen LogP contribution in [0.1, 0.15) is 5.56 Å². The third kappa shape index (κ3) is 2.50. The Morgan fingerprint density at radius 2 is 1.95 bits per heavy atom. The smallest absolute Gasteiger partial charge is 0.123 e. The van der Waals surface area contributed by atoms with Gasteiger partial charge in [-0.05, 0) is 36.8 Å². The lowest BCUT2D eigenvalue weighted by Gasteiger charge is -2.05. The van der Waals surface area contributed by atoms with Crippen LogP contribution in [-0.4, -0.2) is 9.78 Å². The van der Waals surface area contributed by atoms with Crippen LogP contribution in [0.3, 0.4) is 0 Å². The molecule has 5 heteroatoms. The summed E-state index contributed by atoms with van der Waals surface area (Å²) in [6.45, 7) is 1.82. The minimum atomic E-state index is -0.275. The number of hydrogen-bond acceptors (Lipinski definition) is 2. The largest absolute Gasteiger partial charge is 0.396 e. The van der Waals surface area contributed by atoms with Gasteiger partial charge in [0.2, 0.25) is 0 Å². The minimum absolute atomic E-state index is 0.275. The zero-order valence-electron chi connectivity index (χ0n) is 11.3. The molecule has 1 aromatic heterocycles. The molecule has 2 N–H and O–H groups in total. The van der Waals surface area contributed by atoms with Crippen molar-refractivity contribution < 1.29 is 4.39 Å². The van der Waals surface area contributed by atoms with Crippen LogP contribution in [0, 0.1) is 12.7 Å². The van der Waals surface area contributed by atoms with E-state index in [1.807, 2.05) is 25.1 Å². The summed E-state index contributed by atoms with van der Waals surface area (Å²) in [5.41, 5.74) is 9.51. The van der Waals surface area contributed by atoms with Gasteiger partial charge in [-0.25, -0.2) is 9.07 Å². The van der Waals surface area contributed by atoms with Crippen LogP contribution in [0.15, 0.2) is 48.7 Å². The Kier molecular flexibility index (Phi) is 3.39. The fraction of sp³-hybridized carbons (Fsp3) is 0.0625. The highest BCUT2D eigenvalue weighted by Crippen LogP contribution is 2.31. The molecule has 3 rings (SSSR count). The van der Waals surface area contributed by atoms with Crippen molar-refractivity contribution in [3.05, 3.63) is 65.1 Å². The summed E-state index contributed by atoms with van der Waals surface area (Å²) < 4.78 is 14.8. The van der Waals surface area contributed by atoms with Crippen LogP contribution in [0.5, 0.6) is 0 Å². The summed E-state index contributed by atoms with van der Waals surface area (Å²) in [6, 6.07) is 11.9. The number of aryl methyl sites for hydroxylation is 1. The van der Waals surface area contributed by atoms with Crippen molar-refractivity contribution in [2.45, 2.75) is 6.92 Å². The summed E-state index contributed by atoms with van der Waals surface area (Å²) in [6.07, 6.45) is 1.71. The number of aromatic nitrogens is 2. The molecule has 0 unspecified atom stereocenters. The van der Waals surface area contributed by atoms with Gasteiger partial charge in [0, 0.05) is 5.56 Å². The van der Waals surface area contributed by atoms with Crippen molar-refractivity contribution in [2.24, 2.45) is 0 Å². The molecule has 0 fully saturated rings. The molecular weight excluding hydrogens is 289 g/mol. The van der Waals surface area contributed by atoms with Gasteiger partial charge in [0.25, 0.3) is 0 Å². The quantitative estimate of drug-likeness (QED) is 0.770. The first-order valence-electron chi connectivity index (χ1n) is 6.43. The lowest BCUT2D eigenvalue weighted by molar-refractivity contribution is 0.625. The second kappa shape index (κ2) is 5.22. The van der Waals surface area contributed by atoms with E-state index in [2.05, 4.69) is 5.10 Å². The van der Waals surface area contributed by atoms with E-state index >= 15 is 0 Å². The van der Waals surface area contributed by atoms with Crippen molar-refractivity contribution in [2.75, 3.05) is 5.73 Å². The van der Waals surface area contributed by atoms with Crippen molar-refractivity contribution in [1.82, 2.24) is 9.78 Å². The Hall–Kier alpha value is -2.33. The molecule has 0 aliphatic carbocycles. The minimum Gasteiger partial charge on any atom is -0.396 e. The molecule has 3 nitrogen and oxygen atoms in total. The monoisotopic (exact) mass is 301 g/mol. The molecule has 0 atom stereocenters. The maximum Gasteiger partial charge on any atom is 0.123 e. The second-order valence-corrected chi connectivity index (χ2v) is 5.20. The molecule has 21 heavy (non-hydrogen) atoms. The van der Waals surface area contributed by atoms with Crippen molar-refractivity contribution in [3.63, 3.8) is 0 Å². The summed E-state index contributed by atoms with van der Waals surface area (Å²) in [7, 11) is 0. The first kappa shape index (κ1) is 13.6. The van der Waals surface area contributed by atoms with Crippen molar-refractivity contribution in [3.8, 4) is 16.9 Å². The van der Waals surface area contributed by atoms with Gasteiger partial charge in [-0.3, -0.25) is 0 Å². The van der Waals surface area contributed by atoms with E-state index in [4.69, 9.17) is 17.3 Å². The van der Waals surface area contributed by atoms with Crippen molar-refractivity contribution >= 4 is 17.3 Å². The van der Waals surface area contributed by atoms with E-state index in [0.29, 0.717) is 16.4 Å². The fourth-order valence-electron chi connectivity index (χ4n) is 2.25. The lowest BCUT2D eigenvalue weighted by Crippen LogP contribution is -1.98. The second-order valence-electron chi connectivity index (χ2n) is 4.79. The number of nitrogen functional groups attached to an aromatic ring is 1. The number of nitrogens with two attached hydrogens (primary N) is 1. The third-order valence-corrected chi connectivity index (χ3v) is 3.61. The average Bonchev–Trinajstić information content (AvgIpc) is 2.81. The van der Waals surface area contributed by atoms with Crippen molar-refractivity contribution in [1.29, 1.82) is 0 Å². The Morgan fingerprint density at radius 3 is 2.67 bits per heavy atom. The van der Waals surface area contributed by atoms with Gasteiger partial charge in [-0.1, -0.05) is 29.8 Å². The van der Waals surface area contributed by atoms with E-state index in [-0.39, 0.29) is 5.82 Å². The van der Waals surface area contributed by atoms with Gasteiger partial charge in [-0.2, -0.15) is 5.10 Å². The zero-order chi connectivity index (χ0) is 15.0. The molecule has 2 aromatic carbocycles. The SMILES string of the molecule is Cc1cc(F)ccc1-n1cc(N)c(-c2ccccc2Cl)n1. The maximum atomic E-state index is 13.2. The number of benzene rings is 2. The normalized spacial score (nSPS) is 10.8. The molecule has 0 spiro atoms. The van der Waals surface area contributed by atoms with Crippen LogP contribution < -0.4 is 5.73 Å². The predicted octanol–water partition coefficient (Wildman–Crippen LogP) is 4.22. The number of nitrogens with zero attached hydrogens (tertiary/aromatic N) is 2. The van der Waals surface area contributed by atoms with E-state index < -0.39 is 0 Å². The molecule has 106 valence electrons. The van der Waals surface area contributed by atoms with E-state index in [1.54, 1.807) is 23.0 Å². The molecule has 3 aromatic rings. The van der Waals surface area contributed by atoms with Crippen LogP contribution in [0.4, 0.5) is 10.1 Å². The van der Waals surface area contributed by atoms with Gasteiger partial charge >= 0.3 is 0 Å². The molecule has 0 aliphatic heterocycles. The number of hydrogen-bond donors (Lipinski definition) is 1. The Bertz CT molecular complexity index is 811. The highest BCUT2D eigenvalue weighted by atomic mass is 35.5. The molecule has 0 amide bonds. The lowest BCUT2D eigenvalue weighted by atomic mass is 10.1. The molecule has 0 saturated heterocycles. The van der Waals surface area contributed by atoms with E-state index in [1.165, 1.54) is 12.1 Å². The fourth-order valence-corrected chi connectivity index (χ4v) is 2.47. The number of rotatable bonds is 2. The molecule has 0 saturated carbocycles. The molecule has 1 heterocycles. The zero-order valence-corrected chi connectivity index (χ0v) is 12.1. The topological polar surface area (TPSA) is 43.8 Å². The van der Waals surface area contributed by atoms with Gasteiger partial charge in [0.15, 0.2) is 0 Å². The number of halogens is 2. The first-order chi connectivity index (χ1) is 10.1. The maximum absolute atomic E-state index is 13.2. The highest BCUT2D eigenvalue weighted by Gasteiger charge is 2.13. The van der Waals surface area contributed by atoms with E-state index in [0.717, 1.165) is 16.8 Å². The predicted molar refractivity (Wildman–Crippen MR) is 83.1 cm³/mol. The number of anilines is 1. The standard InChI is InChI=1S/C16H13ClFN3/c1-10-8-11(18)6-7-15(10)21-9-14(19)16(20-21)12-4-2-3-5-13(12)17/h2-9H,19H2,1H3. The highest BCUT2D eigenvalue weighted by molar-refractivity contribution is 6.33. The average molecular weight is 302 g/mol. The van der Waals surface area contributed by atoms with Crippen LogP contribution in [0.2, 0.25) is 5.02 Å². The first-order valence-corrected chi connectivity index (χ1v) is 6.80. The summed E-state index contributed by atoms with van der Waals surface area (Å²) in [5.74, 6) is -0.275. The molecular formula is C16H13ClFN3. The van der Waals surface area contributed by atoms with Gasteiger partial charge in [0.05, 0.1) is 22.6 Å². The van der Waals surface area contributed by atoms with E-state index in [9.17, 15) is 4.39 Å². The Balaban J connectivity index is 2.12. The van der Waals surface area contributed by atoms with Crippen LogP contribution >= 0.6 is 11.6 Å². The molecule has 0 radical (unpaired) electrons. The van der Waals surface area contributed by atoms with Gasteiger partial charge in [-0.15, -0.1) is 0 Å². The molecule has 0 bridgehead atoms. The Morgan fingerprint density at radius 1 is 1.19 bits per heavy atom. The summed E-state index contributed by atoms with van der Waals surface area (Å²) >= 11 is 6.18. The van der Waals surface area contributed by atoms with Gasteiger partial charge < -0.3 is 5.73 Å². The van der Waals surface area contributed by atoms with Crippen LogP contribution in [0.25, 0.3) is 16.9 Å². The van der Waals surface area contributed by atoms with Gasteiger partial charge in [0.1, 0.15) is 11.5 Å². The summed E-state index contributed by atoms with van der Waals surface area (Å²) in [4.78, 5) is 0. The summed E-state index contributed by atoms with van der Waals surface area (Å²) in [5, 5.41) is 5.07. The third-order valence-electron chi connectivity index (χ3n) is 3.28. The Labute approximate surface area is 126 Å². The molecule has 0 aliphatic rings.